The summed E-state index contributed by atoms with van der Waals surface area (Å²) in [5, 5.41) is 3.03. The lowest BCUT2D eigenvalue weighted by Gasteiger charge is -2.16. The topological polar surface area (TPSA) is 29.1 Å². The molecule has 0 aliphatic rings. The third kappa shape index (κ3) is 5.74. The lowest BCUT2D eigenvalue weighted by atomic mass is 10.1. The van der Waals surface area contributed by atoms with E-state index in [0.717, 1.165) is 6.07 Å². The summed E-state index contributed by atoms with van der Waals surface area (Å²) in [5.74, 6) is 0.551. The summed E-state index contributed by atoms with van der Waals surface area (Å²) < 4.78 is 49.2. The van der Waals surface area contributed by atoms with Crippen LogP contribution in [0.3, 0.4) is 0 Å². The third-order valence-electron chi connectivity index (χ3n) is 2.80. The average molecular weight is 293 g/mol. The average Bonchev–Trinajstić information content (AvgIpc) is 2.33. The predicted octanol–water partition coefficient (Wildman–Crippen LogP) is 2.95. The Balaban J connectivity index is 2.60. The Morgan fingerprint density at radius 2 is 1.95 bits per heavy atom. The van der Waals surface area contributed by atoms with Crippen molar-refractivity contribution in [2.75, 3.05) is 12.0 Å². The summed E-state index contributed by atoms with van der Waals surface area (Å²) in [7, 11) is -0.873. The van der Waals surface area contributed by atoms with Gasteiger partial charge in [-0.3, -0.25) is 4.21 Å². The van der Waals surface area contributed by atoms with Crippen LogP contribution < -0.4 is 5.32 Å². The first-order chi connectivity index (χ1) is 8.80. The summed E-state index contributed by atoms with van der Waals surface area (Å²) >= 11 is 0. The molecule has 0 aliphatic carbocycles. The molecule has 108 valence electrons. The third-order valence-corrected chi connectivity index (χ3v) is 3.61. The van der Waals surface area contributed by atoms with Crippen LogP contribution in [0.5, 0.6) is 0 Å². The van der Waals surface area contributed by atoms with Crippen molar-refractivity contribution in [3.63, 3.8) is 0 Å². The molecule has 0 saturated carbocycles. The van der Waals surface area contributed by atoms with Gasteiger partial charge in [0.15, 0.2) is 0 Å². The second kappa shape index (κ2) is 7.05. The molecule has 0 bridgehead atoms. The Kier molecular flexibility index (Phi) is 6.00. The molecule has 1 aromatic rings. The Bertz CT molecular complexity index is 434. The molecule has 0 amide bonds. The zero-order chi connectivity index (χ0) is 14.5. The molecule has 0 radical (unpaired) electrons. The minimum absolute atomic E-state index is 0.0326. The molecule has 0 unspecified atom stereocenters. The minimum Gasteiger partial charge on any atom is -0.310 e. The second-order valence-electron chi connectivity index (χ2n) is 4.50. The number of rotatable bonds is 6. The highest BCUT2D eigenvalue weighted by Gasteiger charge is 2.32. The Labute approximate surface area is 113 Å². The summed E-state index contributed by atoms with van der Waals surface area (Å²) in [4.78, 5) is 0. The van der Waals surface area contributed by atoms with Crippen LogP contribution in [-0.4, -0.2) is 22.3 Å². The van der Waals surface area contributed by atoms with Crippen molar-refractivity contribution < 1.29 is 17.4 Å². The molecule has 1 aromatic carbocycles. The van der Waals surface area contributed by atoms with Gasteiger partial charge >= 0.3 is 6.18 Å². The van der Waals surface area contributed by atoms with E-state index in [4.69, 9.17) is 0 Å². The highest BCUT2D eigenvalue weighted by molar-refractivity contribution is 7.84. The largest absolute Gasteiger partial charge is 0.416 e. The molecule has 0 aromatic heterocycles. The maximum Gasteiger partial charge on any atom is 0.416 e. The minimum atomic E-state index is -4.33. The van der Waals surface area contributed by atoms with Crippen molar-refractivity contribution in [1.29, 1.82) is 0 Å². The molecule has 2 nitrogen and oxygen atoms in total. The standard InChI is InChI=1S/C13H18F3NOS/c1-10(7-8-19(2)18)17-9-11-5-3-4-6-12(11)13(14,15)16/h3-6,10,17H,7-9H2,1-2H3/t10-,19-/m0/s1. The van der Waals surface area contributed by atoms with Gasteiger partial charge in [-0.25, -0.2) is 0 Å². The fourth-order valence-corrected chi connectivity index (χ4v) is 2.37. The van der Waals surface area contributed by atoms with Gasteiger partial charge in [0, 0.05) is 35.4 Å². The van der Waals surface area contributed by atoms with E-state index < -0.39 is 22.5 Å². The van der Waals surface area contributed by atoms with E-state index in [-0.39, 0.29) is 18.2 Å². The quantitative estimate of drug-likeness (QED) is 0.873. The maximum absolute atomic E-state index is 12.8. The van der Waals surface area contributed by atoms with Gasteiger partial charge in [-0.05, 0) is 25.0 Å². The van der Waals surface area contributed by atoms with E-state index in [9.17, 15) is 17.4 Å². The van der Waals surface area contributed by atoms with Gasteiger partial charge in [0.2, 0.25) is 0 Å². The maximum atomic E-state index is 12.8. The Hall–Kier alpha value is -0.880. The molecular weight excluding hydrogens is 275 g/mol. The normalized spacial score (nSPS) is 15.2. The van der Waals surface area contributed by atoms with Gasteiger partial charge in [0.25, 0.3) is 0 Å². The summed E-state index contributed by atoms with van der Waals surface area (Å²) in [5.41, 5.74) is -0.367. The molecule has 19 heavy (non-hydrogen) atoms. The molecule has 1 rings (SSSR count). The van der Waals surface area contributed by atoms with Crippen LogP contribution in [0.2, 0.25) is 0 Å². The number of alkyl halides is 3. The van der Waals surface area contributed by atoms with Crippen LogP contribution in [0.1, 0.15) is 24.5 Å². The number of hydrogen-bond acceptors (Lipinski definition) is 2. The molecule has 0 saturated heterocycles. The SMILES string of the molecule is C[C@@H](CC[S@](C)=O)NCc1ccccc1C(F)(F)F. The Morgan fingerprint density at radius 3 is 2.53 bits per heavy atom. The van der Waals surface area contributed by atoms with Crippen LogP contribution in [-0.2, 0) is 23.5 Å². The number of halogens is 3. The van der Waals surface area contributed by atoms with Gasteiger partial charge < -0.3 is 5.32 Å². The first-order valence-electron chi connectivity index (χ1n) is 5.99. The van der Waals surface area contributed by atoms with Gasteiger partial charge in [-0.2, -0.15) is 13.2 Å². The monoisotopic (exact) mass is 293 g/mol. The van der Waals surface area contributed by atoms with Gasteiger partial charge in [-0.15, -0.1) is 0 Å². The van der Waals surface area contributed by atoms with Gasteiger partial charge in [0.05, 0.1) is 5.56 Å². The first-order valence-corrected chi connectivity index (χ1v) is 7.72. The molecule has 0 fully saturated rings. The summed E-state index contributed by atoms with van der Waals surface area (Å²) in [6, 6.07) is 5.57. The second-order valence-corrected chi connectivity index (χ2v) is 6.06. The van der Waals surface area contributed by atoms with E-state index in [1.165, 1.54) is 12.1 Å². The summed E-state index contributed by atoms with van der Waals surface area (Å²) in [6.07, 6.45) is -2.03. The van der Waals surface area contributed by atoms with E-state index in [0.29, 0.717) is 12.2 Å². The van der Waals surface area contributed by atoms with Gasteiger partial charge in [0.1, 0.15) is 0 Å². The van der Waals surface area contributed by atoms with E-state index in [2.05, 4.69) is 5.32 Å². The van der Waals surface area contributed by atoms with Crippen molar-refractivity contribution >= 4 is 10.8 Å². The van der Waals surface area contributed by atoms with Crippen molar-refractivity contribution in [1.82, 2.24) is 5.32 Å². The molecule has 2 atom stereocenters. The van der Waals surface area contributed by atoms with Crippen LogP contribution in [0, 0.1) is 0 Å². The zero-order valence-electron chi connectivity index (χ0n) is 11.0. The van der Waals surface area contributed by atoms with E-state index >= 15 is 0 Å². The molecule has 0 heterocycles. The van der Waals surface area contributed by atoms with Crippen LogP contribution >= 0.6 is 0 Å². The summed E-state index contributed by atoms with van der Waals surface area (Å²) in [6.45, 7) is 2.04. The van der Waals surface area contributed by atoms with Crippen molar-refractivity contribution in [3.8, 4) is 0 Å². The Morgan fingerprint density at radius 1 is 1.32 bits per heavy atom. The zero-order valence-corrected chi connectivity index (χ0v) is 11.8. The van der Waals surface area contributed by atoms with Crippen LogP contribution in [0.4, 0.5) is 13.2 Å². The number of benzene rings is 1. The van der Waals surface area contributed by atoms with Crippen molar-refractivity contribution in [2.24, 2.45) is 0 Å². The highest BCUT2D eigenvalue weighted by Crippen LogP contribution is 2.31. The van der Waals surface area contributed by atoms with Crippen LogP contribution in [0.25, 0.3) is 0 Å². The first kappa shape index (κ1) is 16.2. The lowest BCUT2D eigenvalue weighted by molar-refractivity contribution is -0.138. The molecule has 0 aliphatic heterocycles. The predicted molar refractivity (Wildman–Crippen MR) is 71.3 cm³/mol. The molecule has 1 N–H and O–H groups in total. The van der Waals surface area contributed by atoms with E-state index in [1.54, 1.807) is 12.3 Å². The fourth-order valence-electron chi connectivity index (χ4n) is 1.68. The van der Waals surface area contributed by atoms with Crippen LogP contribution in [0.15, 0.2) is 24.3 Å². The smallest absolute Gasteiger partial charge is 0.310 e. The highest BCUT2D eigenvalue weighted by atomic mass is 32.2. The van der Waals surface area contributed by atoms with E-state index in [1.807, 2.05) is 6.92 Å². The van der Waals surface area contributed by atoms with Crippen molar-refractivity contribution in [2.45, 2.75) is 32.1 Å². The van der Waals surface area contributed by atoms with Crippen molar-refractivity contribution in [3.05, 3.63) is 35.4 Å². The number of nitrogens with one attached hydrogen (secondary N) is 1. The number of hydrogen-bond donors (Lipinski definition) is 1. The molecule has 6 heteroatoms. The lowest BCUT2D eigenvalue weighted by Crippen LogP contribution is -2.28. The van der Waals surface area contributed by atoms with Gasteiger partial charge in [-0.1, -0.05) is 18.2 Å². The molecular formula is C13H18F3NOS. The molecule has 0 spiro atoms. The fraction of sp³-hybridized carbons (Fsp3) is 0.538.